The molecule has 2 rings (SSSR count). The van der Waals surface area contributed by atoms with Crippen LogP contribution in [0.3, 0.4) is 0 Å². The van der Waals surface area contributed by atoms with E-state index in [2.05, 4.69) is 4.98 Å². The van der Waals surface area contributed by atoms with Crippen LogP contribution >= 0.6 is 0 Å². The Kier molecular flexibility index (Phi) is 2.60. The molecule has 0 saturated carbocycles. The first-order valence-electron chi connectivity index (χ1n) is 4.57. The number of rotatable bonds is 2. The number of pyridine rings is 1. The zero-order chi connectivity index (χ0) is 11.7. The van der Waals surface area contributed by atoms with Crippen LogP contribution in [0.1, 0.15) is 10.5 Å². The molecule has 0 amide bonds. The van der Waals surface area contributed by atoms with Crippen LogP contribution in [0.2, 0.25) is 0 Å². The van der Waals surface area contributed by atoms with Crippen LogP contribution in [-0.4, -0.2) is 33.2 Å². The van der Waals surface area contributed by atoms with Crippen molar-refractivity contribution < 1.29 is 19.9 Å². The summed E-state index contributed by atoms with van der Waals surface area (Å²) in [6, 6.07) is 6.14. The van der Waals surface area contributed by atoms with Crippen molar-refractivity contribution in [2.24, 2.45) is 0 Å². The van der Waals surface area contributed by atoms with Gasteiger partial charge < -0.3 is 15.2 Å². The number of carboxylic acid groups (broad SMARTS) is 1. The van der Waals surface area contributed by atoms with E-state index < -0.39 is 13.1 Å². The van der Waals surface area contributed by atoms with Crippen molar-refractivity contribution in [1.82, 2.24) is 4.98 Å². The van der Waals surface area contributed by atoms with Gasteiger partial charge in [0.05, 0.1) is 0 Å². The minimum absolute atomic E-state index is 0.0372. The van der Waals surface area contributed by atoms with Crippen LogP contribution in [0.5, 0.6) is 0 Å². The van der Waals surface area contributed by atoms with Gasteiger partial charge in [-0.2, -0.15) is 0 Å². The number of aromatic carboxylic acids is 1. The number of hydrogen-bond donors (Lipinski definition) is 3. The summed E-state index contributed by atoms with van der Waals surface area (Å²) in [5.41, 5.74) is 0.308. The molecule has 0 aliphatic heterocycles. The van der Waals surface area contributed by atoms with Gasteiger partial charge in [0.2, 0.25) is 0 Å². The van der Waals surface area contributed by atoms with Crippen molar-refractivity contribution in [2.75, 3.05) is 0 Å². The Morgan fingerprint density at radius 3 is 2.56 bits per heavy atom. The summed E-state index contributed by atoms with van der Waals surface area (Å²) in [7, 11) is -1.54. The van der Waals surface area contributed by atoms with Crippen LogP contribution < -0.4 is 5.46 Å². The van der Waals surface area contributed by atoms with Gasteiger partial charge in [-0.25, -0.2) is 9.78 Å². The van der Waals surface area contributed by atoms with Crippen LogP contribution in [0.15, 0.2) is 30.5 Å². The van der Waals surface area contributed by atoms with Gasteiger partial charge in [-0.1, -0.05) is 18.2 Å². The molecule has 0 aliphatic rings. The maximum absolute atomic E-state index is 10.7. The van der Waals surface area contributed by atoms with Gasteiger partial charge >= 0.3 is 13.1 Å². The number of benzene rings is 1. The topological polar surface area (TPSA) is 90.7 Å². The predicted molar refractivity (Wildman–Crippen MR) is 58.5 cm³/mol. The zero-order valence-corrected chi connectivity index (χ0v) is 8.16. The lowest BCUT2D eigenvalue weighted by Crippen LogP contribution is -2.29. The molecular formula is C10H8BNO4. The van der Waals surface area contributed by atoms with E-state index in [4.69, 9.17) is 15.2 Å². The Labute approximate surface area is 91.1 Å². The van der Waals surface area contributed by atoms with Crippen molar-refractivity contribution in [1.29, 1.82) is 0 Å². The van der Waals surface area contributed by atoms with Gasteiger partial charge in [-0.15, -0.1) is 0 Å². The lowest BCUT2D eigenvalue weighted by Gasteiger charge is -2.02. The molecule has 16 heavy (non-hydrogen) atoms. The third kappa shape index (κ3) is 1.88. The van der Waals surface area contributed by atoms with Gasteiger partial charge in [-0.3, -0.25) is 0 Å². The summed E-state index contributed by atoms with van der Waals surface area (Å²) in [4.78, 5) is 14.4. The highest BCUT2D eigenvalue weighted by Gasteiger charge is 2.12. The molecule has 0 bridgehead atoms. The van der Waals surface area contributed by atoms with E-state index >= 15 is 0 Å². The lowest BCUT2D eigenvalue weighted by atomic mass is 9.79. The van der Waals surface area contributed by atoms with Gasteiger partial charge in [-0.05, 0) is 22.3 Å². The maximum atomic E-state index is 10.7. The summed E-state index contributed by atoms with van der Waals surface area (Å²) in [6.07, 6.45) is 1.39. The largest absolute Gasteiger partial charge is 0.488 e. The monoisotopic (exact) mass is 217 g/mol. The fraction of sp³-hybridized carbons (Fsp3) is 0. The number of hydrogen-bond acceptors (Lipinski definition) is 4. The molecule has 2 aromatic rings. The Morgan fingerprint density at radius 2 is 1.94 bits per heavy atom. The summed E-state index contributed by atoms with van der Waals surface area (Å²) < 4.78 is 0. The quantitative estimate of drug-likeness (QED) is 0.596. The number of carboxylic acids is 1. The highest BCUT2D eigenvalue weighted by atomic mass is 16.4. The average molecular weight is 217 g/mol. The fourth-order valence-corrected chi connectivity index (χ4v) is 1.44. The van der Waals surface area contributed by atoms with Gasteiger partial charge in [0, 0.05) is 6.20 Å². The number of aromatic nitrogens is 1. The Hall–Kier alpha value is -1.92. The molecule has 1 aromatic heterocycles. The molecule has 0 atom stereocenters. The third-order valence-corrected chi connectivity index (χ3v) is 2.26. The first-order valence-corrected chi connectivity index (χ1v) is 4.57. The molecule has 5 nitrogen and oxygen atoms in total. The first-order chi connectivity index (χ1) is 7.58. The van der Waals surface area contributed by atoms with Gasteiger partial charge in [0.15, 0.2) is 0 Å². The van der Waals surface area contributed by atoms with E-state index in [-0.39, 0.29) is 5.69 Å². The fourth-order valence-electron chi connectivity index (χ4n) is 1.44. The summed E-state index contributed by atoms with van der Waals surface area (Å²) in [5, 5.41) is 28.0. The van der Waals surface area contributed by atoms with E-state index in [9.17, 15) is 4.79 Å². The van der Waals surface area contributed by atoms with Crippen LogP contribution in [-0.2, 0) is 0 Å². The van der Waals surface area contributed by atoms with Gasteiger partial charge in [0.1, 0.15) is 5.69 Å². The number of nitrogens with zero attached hydrogens (tertiary/aromatic N) is 1. The molecule has 0 unspecified atom stereocenters. The van der Waals surface area contributed by atoms with Crippen LogP contribution in [0, 0.1) is 0 Å². The average Bonchev–Trinajstić information content (AvgIpc) is 2.27. The van der Waals surface area contributed by atoms with Crippen molar-refractivity contribution >= 4 is 29.3 Å². The van der Waals surface area contributed by atoms with Crippen molar-refractivity contribution in [3.05, 3.63) is 36.2 Å². The summed E-state index contributed by atoms with van der Waals surface area (Å²) >= 11 is 0. The Morgan fingerprint density at radius 1 is 1.19 bits per heavy atom. The molecule has 80 valence electrons. The van der Waals surface area contributed by atoms with E-state index in [1.165, 1.54) is 18.3 Å². The summed E-state index contributed by atoms with van der Waals surface area (Å²) in [6.45, 7) is 0. The highest BCUT2D eigenvalue weighted by Crippen LogP contribution is 2.12. The third-order valence-electron chi connectivity index (χ3n) is 2.26. The molecule has 1 aromatic carbocycles. The second-order valence-corrected chi connectivity index (χ2v) is 3.35. The molecule has 0 aliphatic carbocycles. The molecular weight excluding hydrogens is 209 g/mol. The zero-order valence-electron chi connectivity index (χ0n) is 8.16. The smallest absolute Gasteiger partial charge is 0.477 e. The number of carbonyl (C=O) groups is 1. The molecule has 0 spiro atoms. The van der Waals surface area contributed by atoms with Gasteiger partial charge in [0.25, 0.3) is 0 Å². The molecule has 0 saturated heterocycles. The molecule has 6 heteroatoms. The SMILES string of the molecule is O=C(O)c1cc2ccc(B(O)O)cc2cn1. The Balaban J connectivity index is 2.57. The summed E-state index contributed by atoms with van der Waals surface area (Å²) in [5.74, 6) is -1.09. The molecule has 0 radical (unpaired) electrons. The maximum Gasteiger partial charge on any atom is 0.488 e. The second kappa shape index (κ2) is 3.92. The van der Waals surface area contributed by atoms with Crippen LogP contribution in [0.4, 0.5) is 0 Å². The number of fused-ring (bicyclic) bond motifs is 1. The normalized spacial score (nSPS) is 10.4. The predicted octanol–water partition coefficient (Wildman–Crippen LogP) is -0.387. The first kappa shape index (κ1) is 10.6. The second-order valence-electron chi connectivity index (χ2n) is 3.35. The molecule has 0 fully saturated rings. The minimum Gasteiger partial charge on any atom is -0.477 e. The van der Waals surface area contributed by atoms with E-state index in [1.807, 2.05) is 0 Å². The van der Waals surface area contributed by atoms with E-state index in [0.29, 0.717) is 16.2 Å². The Bertz CT molecular complexity index is 556. The lowest BCUT2D eigenvalue weighted by molar-refractivity contribution is 0.0690. The van der Waals surface area contributed by atoms with Crippen LogP contribution in [0.25, 0.3) is 10.8 Å². The van der Waals surface area contributed by atoms with E-state index in [0.717, 1.165) is 0 Å². The van der Waals surface area contributed by atoms with E-state index in [1.54, 1.807) is 12.1 Å². The standard InChI is InChI=1S/C10H8BNO4/c13-10(14)9-4-6-1-2-8(11(15)16)3-7(6)5-12-9/h1-5,15-16H,(H,13,14). The van der Waals surface area contributed by atoms with Crippen molar-refractivity contribution in [3.8, 4) is 0 Å². The highest BCUT2D eigenvalue weighted by molar-refractivity contribution is 6.58. The molecule has 1 heterocycles. The van der Waals surface area contributed by atoms with Crippen molar-refractivity contribution in [3.63, 3.8) is 0 Å². The van der Waals surface area contributed by atoms with Crippen molar-refractivity contribution in [2.45, 2.75) is 0 Å². The minimum atomic E-state index is -1.54. The molecule has 3 N–H and O–H groups in total.